The number of benzene rings is 2. The molecular formula is C21H23N3O4. The Kier molecular flexibility index (Phi) is 7.85. The molecule has 0 fully saturated rings. The third-order valence-electron chi connectivity index (χ3n) is 3.92. The predicted molar refractivity (Wildman–Crippen MR) is 103 cm³/mol. The van der Waals surface area contributed by atoms with E-state index in [1.807, 2.05) is 43.3 Å². The number of nitrogens with two attached hydrogens (primary N) is 1. The van der Waals surface area contributed by atoms with Gasteiger partial charge in [0.25, 0.3) is 5.91 Å². The van der Waals surface area contributed by atoms with Crippen molar-refractivity contribution >= 4 is 11.8 Å². The van der Waals surface area contributed by atoms with E-state index in [4.69, 9.17) is 20.5 Å². The second kappa shape index (κ2) is 10.6. The highest BCUT2D eigenvalue weighted by Gasteiger charge is 2.17. The fourth-order valence-corrected chi connectivity index (χ4v) is 2.54. The van der Waals surface area contributed by atoms with Crippen molar-refractivity contribution in [3.05, 3.63) is 59.7 Å². The van der Waals surface area contributed by atoms with Crippen LogP contribution in [-0.2, 0) is 16.1 Å². The minimum Gasteiger partial charge on any atom is -0.490 e. The molecule has 0 aliphatic rings. The zero-order valence-corrected chi connectivity index (χ0v) is 15.8. The zero-order chi connectivity index (χ0) is 20.4. The molecule has 0 bridgehead atoms. The number of hydrogen-bond donors (Lipinski definition) is 1. The highest BCUT2D eigenvalue weighted by Crippen LogP contribution is 2.28. The van der Waals surface area contributed by atoms with Crippen molar-refractivity contribution < 1.29 is 19.1 Å². The van der Waals surface area contributed by atoms with Crippen LogP contribution in [0.25, 0.3) is 0 Å². The summed E-state index contributed by atoms with van der Waals surface area (Å²) >= 11 is 0. The van der Waals surface area contributed by atoms with Crippen LogP contribution in [0.5, 0.6) is 11.5 Å². The van der Waals surface area contributed by atoms with Crippen molar-refractivity contribution in [3.63, 3.8) is 0 Å². The number of nitriles is 1. The summed E-state index contributed by atoms with van der Waals surface area (Å²) in [4.78, 5) is 25.4. The molecule has 0 aliphatic heterocycles. The summed E-state index contributed by atoms with van der Waals surface area (Å²) in [5.74, 6) is 0.0271. The van der Waals surface area contributed by atoms with Gasteiger partial charge in [0, 0.05) is 25.6 Å². The molecule has 0 heterocycles. The standard InChI is InChI=1S/C21H23N3O4/c1-2-27-19-12-17(13-22)8-9-18(19)28-15-21(26)24(11-10-20(23)25)14-16-6-4-3-5-7-16/h3-9,12H,2,10-11,14-15H2,1H3,(H2,23,25). The molecule has 0 spiro atoms. The van der Waals surface area contributed by atoms with Gasteiger partial charge in [-0.2, -0.15) is 5.26 Å². The first kappa shape index (κ1) is 20.8. The largest absolute Gasteiger partial charge is 0.490 e. The fraction of sp³-hybridized carbons (Fsp3) is 0.286. The maximum Gasteiger partial charge on any atom is 0.260 e. The normalized spacial score (nSPS) is 10.0. The summed E-state index contributed by atoms with van der Waals surface area (Å²) < 4.78 is 11.1. The van der Waals surface area contributed by atoms with Crippen molar-refractivity contribution in [1.82, 2.24) is 4.90 Å². The van der Waals surface area contributed by atoms with Crippen molar-refractivity contribution in [1.29, 1.82) is 5.26 Å². The number of rotatable bonds is 10. The summed E-state index contributed by atoms with van der Waals surface area (Å²) in [6.45, 7) is 2.55. The van der Waals surface area contributed by atoms with Gasteiger partial charge in [0.1, 0.15) is 0 Å². The molecular weight excluding hydrogens is 358 g/mol. The topological polar surface area (TPSA) is 106 Å². The van der Waals surface area contributed by atoms with Gasteiger partial charge in [0.05, 0.1) is 18.2 Å². The molecule has 2 N–H and O–H groups in total. The van der Waals surface area contributed by atoms with Gasteiger partial charge in [-0.3, -0.25) is 9.59 Å². The average Bonchev–Trinajstić information content (AvgIpc) is 2.70. The van der Waals surface area contributed by atoms with Crippen LogP contribution >= 0.6 is 0 Å². The highest BCUT2D eigenvalue weighted by molar-refractivity contribution is 5.79. The van der Waals surface area contributed by atoms with Crippen LogP contribution in [0.15, 0.2) is 48.5 Å². The molecule has 0 atom stereocenters. The maximum atomic E-state index is 12.7. The lowest BCUT2D eigenvalue weighted by Gasteiger charge is -2.23. The Morgan fingerprint density at radius 1 is 1.11 bits per heavy atom. The molecule has 7 nitrogen and oxygen atoms in total. The Labute approximate surface area is 164 Å². The number of primary amides is 1. The minimum atomic E-state index is -0.475. The molecule has 28 heavy (non-hydrogen) atoms. The second-order valence-corrected chi connectivity index (χ2v) is 6.01. The van der Waals surface area contributed by atoms with Crippen LogP contribution in [0.3, 0.4) is 0 Å². The SMILES string of the molecule is CCOc1cc(C#N)ccc1OCC(=O)N(CCC(N)=O)Cc1ccccc1. The minimum absolute atomic E-state index is 0.0691. The van der Waals surface area contributed by atoms with Crippen molar-refractivity contribution in [2.45, 2.75) is 19.9 Å². The van der Waals surface area contributed by atoms with Crippen LogP contribution in [0, 0.1) is 11.3 Å². The summed E-state index contributed by atoms with van der Waals surface area (Å²) in [7, 11) is 0. The molecule has 2 amide bonds. The van der Waals surface area contributed by atoms with E-state index in [2.05, 4.69) is 0 Å². The molecule has 0 saturated carbocycles. The van der Waals surface area contributed by atoms with Crippen LogP contribution in [-0.4, -0.2) is 36.5 Å². The molecule has 0 radical (unpaired) electrons. The highest BCUT2D eigenvalue weighted by atomic mass is 16.5. The summed E-state index contributed by atoms with van der Waals surface area (Å²) in [6.07, 6.45) is 0.0691. The summed E-state index contributed by atoms with van der Waals surface area (Å²) in [5, 5.41) is 9.01. The van der Waals surface area contributed by atoms with Crippen molar-refractivity contribution in [2.24, 2.45) is 5.73 Å². The number of nitrogens with zero attached hydrogens (tertiary/aromatic N) is 2. The van der Waals surface area contributed by atoms with Crippen molar-refractivity contribution in [3.8, 4) is 17.6 Å². The van der Waals surface area contributed by atoms with Crippen LogP contribution in [0.1, 0.15) is 24.5 Å². The Morgan fingerprint density at radius 3 is 2.50 bits per heavy atom. The van der Waals surface area contributed by atoms with E-state index in [0.29, 0.717) is 30.2 Å². The van der Waals surface area contributed by atoms with Crippen LogP contribution < -0.4 is 15.2 Å². The Bertz CT molecular complexity index is 846. The lowest BCUT2D eigenvalue weighted by atomic mass is 10.2. The Balaban J connectivity index is 2.08. The van der Waals surface area contributed by atoms with Gasteiger partial charge < -0.3 is 20.1 Å². The number of hydrogen-bond acceptors (Lipinski definition) is 5. The first-order valence-corrected chi connectivity index (χ1v) is 8.93. The van der Waals surface area contributed by atoms with Gasteiger partial charge in [0.2, 0.25) is 5.91 Å². The zero-order valence-electron chi connectivity index (χ0n) is 15.8. The van der Waals surface area contributed by atoms with E-state index in [1.54, 1.807) is 18.2 Å². The average molecular weight is 381 g/mol. The number of carbonyl (C=O) groups excluding carboxylic acids is 2. The Hall–Kier alpha value is -3.53. The molecule has 2 rings (SSSR count). The molecule has 7 heteroatoms. The molecule has 0 saturated heterocycles. The van der Waals surface area contributed by atoms with Crippen LogP contribution in [0.4, 0.5) is 0 Å². The van der Waals surface area contributed by atoms with E-state index < -0.39 is 5.91 Å². The number of ether oxygens (including phenoxy) is 2. The van der Waals surface area contributed by atoms with E-state index >= 15 is 0 Å². The van der Waals surface area contributed by atoms with E-state index in [1.165, 1.54) is 4.90 Å². The van der Waals surface area contributed by atoms with Gasteiger partial charge in [-0.25, -0.2) is 0 Å². The molecule has 2 aromatic rings. The van der Waals surface area contributed by atoms with Gasteiger partial charge in [-0.1, -0.05) is 30.3 Å². The molecule has 2 aromatic carbocycles. The van der Waals surface area contributed by atoms with Gasteiger partial charge in [-0.05, 0) is 24.6 Å². The van der Waals surface area contributed by atoms with Gasteiger partial charge >= 0.3 is 0 Å². The first-order chi connectivity index (χ1) is 13.5. The lowest BCUT2D eigenvalue weighted by molar-refractivity contribution is -0.134. The Morgan fingerprint density at radius 2 is 1.86 bits per heavy atom. The van der Waals surface area contributed by atoms with E-state index in [0.717, 1.165) is 5.56 Å². The third kappa shape index (κ3) is 6.32. The predicted octanol–water partition coefficient (Wildman–Crippen LogP) is 2.24. The summed E-state index contributed by atoms with van der Waals surface area (Å²) in [6, 6.07) is 16.3. The van der Waals surface area contributed by atoms with Gasteiger partial charge in [0.15, 0.2) is 18.1 Å². The maximum absolute atomic E-state index is 12.7. The van der Waals surface area contributed by atoms with E-state index in [9.17, 15) is 9.59 Å². The lowest BCUT2D eigenvalue weighted by Crippen LogP contribution is -2.36. The monoisotopic (exact) mass is 381 g/mol. The second-order valence-electron chi connectivity index (χ2n) is 6.01. The summed E-state index contributed by atoms with van der Waals surface area (Å²) in [5.41, 5.74) is 6.61. The molecule has 0 aromatic heterocycles. The first-order valence-electron chi connectivity index (χ1n) is 8.93. The van der Waals surface area contributed by atoms with Crippen molar-refractivity contribution in [2.75, 3.05) is 19.8 Å². The fourth-order valence-electron chi connectivity index (χ4n) is 2.54. The number of amides is 2. The number of carbonyl (C=O) groups is 2. The third-order valence-corrected chi connectivity index (χ3v) is 3.92. The quantitative estimate of drug-likeness (QED) is 0.679. The van der Waals surface area contributed by atoms with Crippen LogP contribution in [0.2, 0.25) is 0 Å². The molecule has 0 aliphatic carbocycles. The smallest absolute Gasteiger partial charge is 0.260 e. The van der Waals surface area contributed by atoms with Gasteiger partial charge in [-0.15, -0.1) is 0 Å². The molecule has 0 unspecified atom stereocenters. The molecule has 146 valence electrons. The van der Waals surface area contributed by atoms with E-state index in [-0.39, 0.29) is 25.5 Å².